The minimum Gasteiger partial charge on any atom is -0.392 e. The van der Waals surface area contributed by atoms with E-state index in [1.54, 1.807) is 11.3 Å². The molecule has 26 heavy (non-hydrogen) atoms. The zero-order valence-electron chi connectivity index (χ0n) is 15.5. The number of hydrogen-bond acceptors (Lipinski definition) is 6. The molecule has 6 nitrogen and oxygen atoms in total. The van der Waals surface area contributed by atoms with Gasteiger partial charge in [0.05, 0.1) is 6.10 Å². The lowest BCUT2D eigenvalue weighted by Gasteiger charge is -2.51. The van der Waals surface area contributed by atoms with Gasteiger partial charge < -0.3 is 14.9 Å². The lowest BCUT2D eigenvalue weighted by atomic mass is 9.71. The summed E-state index contributed by atoms with van der Waals surface area (Å²) in [6.45, 7) is 5.01. The number of aromatic nitrogens is 2. The maximum absolute atomic E-state index is 12.8. The smallest absolute Gasteiger partial charge is 0.226 e. The molecule has 1 spiro atoms. The van der Waals surface area contributed by atoms with Gasteiger partial charge in [0, 0.05) is 38.0 Å². The molecule has 2 fully saturated rings. The van der Waals surface area contributed by atoms with Gasteiger partial charge in [-0.25, -0.2) is 0 Å². The number of allylic oxidation sites excluding steroid dienone is 1. The molecule has 1 amide bonds. The van der Waals surface area contributed by atoms with Crippen molar-refractivity contribution in [3.8, 4) is 0 Å². The third-order valence-corrected chi connectivity index (χ3v) is 7.04. The van der Waals surface area contributed by atoms with E-state index in [-0.39, 0.29) is 17.4 Å². The molecule has 0 radical (unpaired) electrons. The maximum Gasteiger partial charge on any atom is 0.226 e. The number of carbonyl (C=O) groups is 1. The van der Waals surface area contributed by atoms with E-state index in [0.717, 1.165) is 61.9 Å². The zero-order valence-corrected chi connectivity index (χ0v) is 16.3. The van der Waals surface area contributed by atoms with Crippen molar-refractivity contribution >= 4 is 22.4 Å². The summed E-state index contributed by atoms with van der Waals surface area (Å²) in [5.41, 5.74) is 1.06. The van der Waals surface area contributed by atoms with Crippen LogP contribution >= 0.6 is 11.3 Å². The predicted octanol–water partition coefficient (Wildman–Crippen LogP) is 2.53. The van der Waals surface area contributed by atoms with E-state index in [0.29, 0.717) is 13.0 Å². The van der Waals surface area contributed by atoms with Crippen LogP contribution in [0.1, 0.15) is 50.0 Å². The van der Waals surface area contributed by atoms with Gasteiger partial charge in [-0.1, -0.05) is 23.0 Å². The molecule has 2 aliphatic heterocycles. The highest BCUT2D eigenvalue weighted by atomic mass is 32.1. The molecule has 4 rings (SSSR count). The number of aryl methyl sites for hydroxylation is 1. The third kappa shape index (κ3) is 3.51. The van der Waals surface area contributed by atoms with Crippen LogP contribution in [0.15, 0.2) is 11.6 Å². The normalized spacial score (nSPS) is 29.3. The Labute approximate surface area is 158 Å². The Morgan fingerprint density at radius 2 is 2.23 bits per heavy atom. The summed E-state index contributed by atoms with van der Waals surface area (Å²) in [6, 6.07) is 0. The highest BCUT2D eigenvalue weighted by Crippen LogP contribution is 2.41. The average molecular weight is 377 g/mol. The zero-order chi connectivity index (χ0) is 18.1. The third-order valence-electron chi connectivity index (χ3n) is 6.15. The standard InChI is InChI=1S/C19H28N4O2S/c1-14-20-21-18(26-14)23-10-7-16(24)19(13-23)8-4-9-22(12-19)17(25)11-15-5-2-3-6-15/h5,16,24H,2-4,6-13H2,1H3/t16-,19+/m1/s1. The molecule has 0 unspecified atom stereocenters. The van der Waals surface area contributed by atoms with Gasteiger partial charge in [-0.05, 0) is 45.4 Å². The first-order chi connectivity index (χ1) is 12.6. The molecule has 3 heterocycles. The average Bonchev–Trinajstić information content (AvgIpc) is 3.29. The fraction of sp³-hybridized carbons (Fsp3) is 0.737. The van der Waals surface area contributed by atoms with E-state index in [2.05, 4.69) is 21.2 Å². The second-order valence-corrected chi connectivity index (χ2v) is 9.20. The SMILES string of the molecule is Cc1nnc(N2CC[C@@H](O)[C@]3(CCCN(C(=O)CC4=CCCC4)C3)C2)s1. The van der Waals surface area contributed by atoms with Crippen LogP contribution in [0.4, 0.5) is 5.13 Å². The fourth-order valence-corrected chi connectivity index (χ4v) is 5.42. The van der Waals surface area contributed by atoms with Gasteiger partial charge in [0.15, 0.2) is 0 Å². The number of rotatable bonds is 3. The van der Waals surface area contributed by atoms with Crippen molar-refractivity contribution in [2.24, 2.45) is 5.41 Å². The minimum absolute atomic E-state index is 0.230. The molecule has 0 aromatic carbocycles. The second-order valence-electron chi connectivity index (χ2n) is 8.04. The Morgan fingerprint density at radius 3 is 2.96 bits per heavy atom. The molecule has 0 bridgehead atoms. The lowest BCUT2D eigenvalue weighted by Crippen LogP contribution is -2.60. The molecule has 142 valence electrons. The molecule has 3 aliphatic rings. The molecule has 1 aliphatic carbocycles. The second kappa shape index (κ2) is 7.27. The Morgan fingerprint density at radius 1 is 1.35 bits per heavy atom. The minimum atomic E-state index is -0.353. The number of hydrogen-bond donors (Lipinski definition) is 1. The van der Waals surface area contributed by atoms with E-state index >= 15 is 0 Å². The van der Waals surface area contributed by atoms with Gasteiger partial charge in [0.1, 0.15) is 5.01 Å². The van der Waals surface area contributed by atoms with Crippen molar-refractivity contribution in [1.29, 1.82) is 0 Å². The molecule has 7 heteroatoms. The van der Waals surface area contributed by atoms with Gasteiger partial charge in [0.25, 0.3) is 0 Å². The number of piperidine rings is 2. The van der Waals surface area contributed by atoms with Crippen molar-refractivity contribution < 1.29 is 9.90 Å². The molecule has 2 saturated heterocycles. The monoisotopic (exact) mass is 376 g/mol. The molecule has 1 N–H and O–H groups in total. The molecular formula is C19H28N4O2S. The van der Waals surface area contributed by atoms with Crippen LogP contribution in [-0.4, -0.2) is 58.4 Å². The van der Waals surface area contributed by atoms with E-state index in [1.165, 1.54) is 12.0 Å². The lowest BCUT2D eigenvalue weighted by molar-refractivity contribution is -0.137. The predicted molar refractivity (Wildman–Crippen MR) is 102 cm³/mol. The van der Waals surface area contributed by atoms with Crippen molar-refractivity contribution in [2.45, 2.75) is 58.0 Å². The summed E-state index contributed by atoms with van der Waals surface area (Å²) >= 11 is 1.61. The topological polar surface area (TPSA) is 69.6 Å². The number of amides is 1. The van der Waals surface area contributed by atoms with Gasteiger partial charge in [0.2, 0.25) is 11.0 Å². The summed E-state index contributed by atoms with van der Waals surface area (Å²) in [7, 11) is 0. The van der Waals surface area contributed by atoms with Crippen LogP contribution < -0.4 is 4.90 Å². The number of carbonyl (C=O) groups excluding carboxylic acids is 1. The summed E-state index contributed by atoms with van der Waals surface area (Å²) < 4.78 is 0. The number of anilines is 1. The van der Waals surface area contributed by atoms with Crippen LogP contribution in [0.25, 0.3) is 0 Å². The van der Waals surface area contributed by atoms with Crippen LogP contribution in [0.3, 0.4) is 0 Å². The van der Waals surface area contributed by atoms with Gasteiger partial charge in [-0.2, -0.15) is 0 Å². The quantitative estimate of drug-likeness (QED) is 0.821. The first kappa shape index (κ1) is 17.9. The van der Waals surface area contributed by atoms with Crippen molar-refractivity contribution in [3.63, 3.8) is 0 Å². The van der Waals surface area contributed by atoms with Gasteiger partial charge in [-0.3, -0.25) is 4.79 Å². The van der Waals surface area contributed by atoms with Gasteiger partial charge >= 0.3 is 0 Å². The Bertz CT molecular complexity index is 703. The molecular weight excluding hydrogens is 348 g/mol. The highest BCUT2D eigenvalue weighted by molar-refractivity contribution is 7.15. The van der Waals surface area contributed by atoms with E-state index in [1.807, 2.05) is 11.8 Å². The number of aliphatic hydroxyl groups is 1. The van der Waals surface area contributed by atoms with Crippen LogP contribution in [-0.2, 0) is 4.79 Å². The summed E-state index contributed by atoms with van der Waals surface area (Å²) in [4.78, 5) is 17.1. The van der Waals surface area contributed by atoms with Crippen molar-refractivity contribution in [3.05, 3.63) is 16.7 Å². The Hall–Kier alpha value is -1.47. The summed E-state index contributed by atoms with van der Waals surface area (Å²) in [5, 5.41) is 21.2. The van der Waals surface area contributed by atoms with Crippen molar-refractivity contribution in [1.82, 2.24) is 15.1 Å². The number of nitrogens with zero attached hydrogens (tertiary/aromatic N) is 4. The molecule has 1 aromatic heterocycles. The van der Waals surface area contributed by atoms with E-state index in [9.17, 15) is 9.90 Å². The van der Waals surface area contributed by atoms with Crippen LogP contribution in [0.2, 0.25) is 0 Å². The summed E-state index contributed by atoms with van der Waals surface area (Å²) in [6.07, 6.45) is 8.46. The Kier molecular flexibility index (Phi) is 5.01. The first-order valence-electron chi connectivity index (χ1n) is 9.75. The molecule has 0 saturated carbocycles. The Balaban J connectivity index is 1.47. The van der Waals surface area contributed by atoms with Gasteiger partial charge in [-0.15, -0.1) is 10.2 Å². The number of aliphatic hydroxyl groups excluding tert-OH is 1. The van der Waals surface area contributed by atoms with Crippen LogP contribution in [0, 0.1) is 12.3 Å². The summed E-state index contributed by atoms with van der Waals surface area (Å²) in [5.74, 6) is 0.230. The molecule has 1 aromatic rings. The highest BCUT2D eigenvalue weighted by Gasteiger charge is 2.46. The maximum atomic E-state index is 12.8. The fourth-order valence-electron chi connectivity index (χ4n) is 4.70. The van der Waals surface area contributed by atoms with Crippen molar-refractivity contribution in [2.75, 3.05) is 31.1 Å². The first-order valence-corrected chi connectivity index (χ1v) is 10.6. The largest absolute Gasteiger partial charge is 0.392 e. The molecule has 2 atom stereocenters. The van der Waals surface area contributed by atoms with Crippen LogP contribution in [0.5, 0.6) is 0 Å². The van der Waals surface area contributed by atoms with E-state index < -0.39 is 0 Å². The number of likely N-dealkylation sites (tertiary alicyclic amines) is 1. The van der Waals surface area contributed by atoms with E-state index in [4.69, 9.17) is 0 Å².